The number of carbonyl (C=O) groups excluding carboxylic acids is 1. The first-order valence-electron chi connectivity index (χ1n) is 6.05. The molecule has 0 aromatic heterocycles. The summed E-state index contributed by atoms with van der Waals surface area (Å²) in [6, 6.07) is 0.607. The molecule has 0 bridgehead atoms. The molecule has 2 atom stereocenters. The van der Waals surface area contributed by atoms with Gasteiger partial charge in [0, 0.05) is 18.2 Å². The highest BCUT2D eigenvalue weighted by Crippen LogP contribution is 2.22. The maximum absolute atomic E-state index is 11.2. The van der Waals surface area contributed by atoms with Gasteiger partial charge in [-0.25, -0.2) is 4.79 Å². The lowest BCUT2D eigenvalue weighted by Gasteiger charge is -2.37. The molecule has 3 heteroatoms. The number of hydrogen-bond acceptors (Lipinski definition) is 3. The Hall–Kier alpha value is -0.830. The number of rotatable bonds is 3. The number of likely N-dealkylation sites (tertiary alicyclic amines) is 1. The molecule has 92 valence electrons. The number of carbonyl (C=O) groups is 1. The highest BCUT2D eigenvalue weighted by molar-refractivity contribution is 5.87. The summed E-state index contributed by atoms with van der Waals surface area (Å²) >= 11 is 0. The Morgan fingerprint density at radius 3 is 2.81 bits per heavy atom. The maximum atomic E-state index is 11.2. The quantitative estimate of drug-likeness (QED) is 0.545. The highest BCUT2D eigenvalue weighted by atomic mass is 16.5. The average Bonchev–Trinajstić information content (AvgIpc) is 2.29. The largest absolute Gasteiger partial charge is 0.466 e. The van der Waals surface area contributed by atoms with Crippen LogP contribution < -0.4 is 0 Å². The van der Waals surface area contributed by atoms with E-state index < -0.39 is 0 Å². The number of ether oxygens (including phenoxy) is 1. The first-order valence-corrected chi connectivity index (χ1v) is 6.05. The third-order valence-corrected chi connectivity index (χ3v) is 3.64. The van der Waals surface area contributed by atoms with E-state index in [0.29, 0.717) is 11.6 Å². The van der Waals surface area contributed by atoms with Gasteiger partial charge in [0.1, 0.15) is 0 Å². The van der Waals surface area contributed by atoms with Gasteiger partial charge in [0.2, 0.25) is 0 Å². The van der Waals surface area contributed by atoms with E-state index in [1.807, 2.05) is 13.0 Å². The van der Waals surface area contributed by atoms with Crippen molar-refractivity contribution >= 4 is 5.97 Å². The molecule has 3 nitrogen and oxygen atoms in total. The molecular weight excluding hydrogens is 202 g/mol. The van der Waals surface area contributed by atoms with Crippen molar-refractivity contribution < 1.29 is 9.53 Å². The third kappa shape index (κ3) is 3.34. The van der Waals surface area contributed by atoms with E-state index in [-0.39, 0.29) is 5.97 Å². The van der Waals surface area contributed by atoms with E-state index in [2.05, 4.69) is 23.5 Å². The Labute approximate surface area is 98.5 Å². The molecule has 16 heavy (non-hydrogen) atoms. The minimum atomic E-state index is -0.224. The van der Waals surface area contributed by atoms with Gasteiger partial charge in [-0.2, -0.15) is 0 Å². The normalized spacial score (nSPS) is 27.9. The molecule has 1 aliphatic heterocycles. The van der Waals surface area contributed by atoms with Gasteiger partial charge in [0.25, 0.3) is 0 Å². The Morgan fingerprint density at radius 1 is 1.50 bits per heavy atom. The number of hydrogen-bond donors (Lipinski definition) is 0. The van der Waals surface area contributed by atoms with Crippen molar-refractivity contribution in [2.75, 3.05) is 20.2 Å². The number of piperidine rings is 1. The summed E-state index contributed by atoms with van der Waals surface area (Å²) in [6.45, 7) is 8.37. The summed E-state index contributed by atoms with van der Waals surface area (Å²) in [4.78, 5) is 13.7. The molecule has 2 unspecified atom stereocenters. The molecule has 1 aliphatic rings. The molecule has 0 aromatic carbocycles. The van der Waals surface area contributed by atoms with Crippen LogP contribution in [0.4, 0.5) is 0 Å². The van der Waals surface area contributed by atoms with E-state index in [9.17, 15) is 4.79 Å². The smallest absolute Gasteiger partial charge is 0.333 e. The summed E-state index contributed by atoms with van der Waals surface area (Å²) in [5, 5.41) is 0. The van der Waals surface area contributed by atoms with Crippen LogP contribution in [0.3, 0.4) is 0 Å². The second-order valence-corrected chi connectivity index (χ2v) is 4.73. The molecule has 1 heterocycles. The van der Waals surface area contributed by atoms with Crippen molar-refractivity contribution in [1.82, 2.24) is 4.90 Å². The average molecular weight is 225 g/mol. The Morgan fingerprint density at radius 2 is 2.19 bits per heavy atom. The summed E-state index contributed by atoms with van der Waals surface area (Å²) < 4.78 is 4.67. The summed E-state index contributed by atoms with van der Waals surface area (Å²) in [5.41, 5.74) is 0.702. The minimum Gasteiger partial charge on any atom is -0.466 e. The van der Waals surface area contributed by atoms with Crippen molar-refractivity contribution in [2.24, 2.45) is 5.92 Å². The van der Waals surface area contributed by atoms with E-state index >= 15 is 0 Å². The molecule has 1 saturated heterocycles. The first kappa shape index (κ1) is 13.2. The van der Waals surface area contributed by atoms with E-state index in [0.717, 1.165) is 19.0 Å². The number of methoxy groups -OCH3 is 1. The molecule has 0 N–H and O–H groups in total. The van der Waals surface area contributed by atoms with Crippen molar-refractivity contribution in [2.45, 2.75) is 39.7 Å². The van der Waals surface area contributed by atoms with Crippen molar-refractivity contribution in [1.29, 1.82) is 0 Å². The molecule has 0 aromatic rings. The molecule has 0 radical (unpaired) electrons. The van der Waals surface area contributed by atoms with Crippen LogP contribution in [0.25, 0.3) is 0 Å². The molecule has 0 saturated carbocycles. The molecular formula is C13H23NO2. The summed E-state index contributed by atoms with van der Waals surface area (Å²) in [6.07, 6.45) is 4.55. The fraction of sp³-hybridized carbons (Fsp3) is 0.769. The van der Waals surface area contributed by atoms with Gasteiger partial charge in [0.15, 0.2) is 0 Å². The van der Waals surface area contributed by atoms with Crippen LogP contribution >= 0.6 is 0 Å². The van der Waals surface area contributed by atoms with Crippen LogP contribution in [0.2, 0.25) is 0 Å². The van der Waals surface area contributed by atoms with E-state index in [1.165, 1.54) is 20.0 Å². The van der Waals surface area contributed by atoms with Crippen molar-refractivity contribution in [3.05, 3.63) is 11.6 Å². The zero-order valence-corrected chi connectivity index (χ0v) is 10.8. The monoisotopic (exact) mass is 225 g/mol. The molecule has 0 aliphatic carbocycles. The van der Waals surface area contributed by atoms with Gasteiger partial charge in [-0.1, -0.05) is 13.0 Å². The van der Waals surface area contributed by atoms with Crippen molar-refractivity contribution in [3.8, 4) is 0 Å². The lowest BCUT2D eigenvalue weighted by atomic mass is 9.92. The van der Waals surface area contributed by atoms with Crippen LogP contribution in [0.1, 0.15) is 33.6 Å². The maximum Gasteiger partial charge on any atom is 0.333 e. The Bertz CT molecular complexity index is 273. The lowest BCUT2D eigenvalue weighted by molar-refractivity contribution is -0.136. The van der Waals surface area contributed by atoms with Crippen molar-refractivity contribution in [3.63, 3.8) is 0 Å². The van der Waals surface area contributed by atoms with Gasteiger partial charge >= 0.3 is 5.97 Å². The second-order valence-electron chi connectivity index (χ2n) is 4.73. The van der Waals surface area contributed by atoms with Gasteiger partial charge < -0.3 is 4.74 Å². The van der Waals surface area contributed by atoms with Crippen LogP contribution in [0.5, 0.6) is 0 Å². The topological polar surface area (TPSA) is 29.5 Å². The summed E-state index contributed by atoms with van der Waals surface area (Å²) in [5.74, 6) is 0.526. The predicted molar refractivity (Wildman–Crippen MR) is 65.2 cm³/mol. The summed E-state index contributed by atoms with van der Waals surface area (Å²) in [7, 11) is 1.42. The lowest BCUT2D eigenvalue weighted by Crippen LogP contribution is -2.42. The molecule has 1 rings (SSSR count). The van der Waals surface area contributed by atoms with Crippen LogP contribution in [0, 0.1) is 5.92 Å². The highest BCUT2D eigenvalue weighted by Gasteiger charge is 2.23. The van der Waals surface area contributed by atoms with Gasteiger partial charge in [-0.15, -0.1) is 0 Å². The van der Waals surface area contributed by atoms with Crippen LogP contribution in [0.15, 0.2) is 11.6 Å². The van der Waals surface area contributed by atoms with E-state index in [1.54, 1.807) is 0 Å². The standard InChI is InChI=1S/C13H23NO2/c1-10-6-5-8-14(12(10)3)9-7-11(2)13(15)16-4/h7,10,12H,5-6,8-9H2,1-4H3. The molecule has 0 amide bonds. The predicted octanol–water partition coefficient (Wildman–Crippen LogP) is 2.23. The number of esters is 1. The Kier molecular flexibility index (Phi) is 5.00. The first-order chi connectivity index (χ1) is 7.56. The molecule has 0 spiro atoms. The zero-order chi connectivity index (χ0) is 12.1. The fourth-order valence-corrected chi connectivity index (χ4v) is 2.18. The van der Waals surface area contributed by atoms with Crippen LogP contribution in [-0.2, 0) is 9.53 Å². The Balaban J connectivity index is 2.50. The SMILES string of the molecule is COC(=O)C(C)=CCN1CCCC(C)C1C. The second kappa shape index (κ2) is 6.04. The van der Waals surface area contributed by atoms with Gasteiger partial charge in [0.05, 0.1) is 7.11 Å². The van der Waals surface area contributed by atoms with Crippen LogP contribution in [-0.4, -0.2) is 37.1 Å². The third-order valence-electron chi connectivity index (χ3n) is 3.64. The molecule has 1 fully saturated rings. The zero-order valence-electron chi connectivity index (χ0n) is 10.8. The van der Waals surface area contributed by atoms with Gasteiger partial charge in [-0.05, 0) is 39.2 Å². The fourth-order valence-electron chi connectivity index (χ4n) is 2.18. The van der Waals surface area contributed by atoms with Gasteiger partial charge in [-0.3, -0.25) is 4.90 Å². The number of nitrogens with zero attached hydrogens (tertiary/aromatic N) is 1. The minimum absolute atomic E-state index is 0.224. The van der Waals surface area contributed by atoms with E-state index in [4.69, 9.17) is 0 Å².